The maximum absolute atomic E-state index is 14.1. The fraction of sp³-hybridized carbons (Fsp3) is 0.474. The van der Waals surface area contributed by atoms with E-state index in [4.69, 9.17) is 14.0 Å². The highest BCUT2D eigenvalue weighted by Crippen LogP contribution is 2.63. The SMILES string of the molecule is CCC(C)(Cc1ccc([SH](c2ccccc2)c2ccc(F)cc2)cc1)C(=O)OC12CC3CC(C1)CC(C(=O)OC(CS(=O)(=O)O)C(F)(F)F)(C3)C2. The second-order valence-electron chi connectivity index (χ2n) is 14.9. The zero-order chi connectivity index (χ0) is 36.8. The molecule has 4 bridgehead atoms. The molecule has 4 aliphatic rings. The first-order chi connectivity index (χ1) is 23.9. The van der Waals surface area contributed by atoms with Crippen molar-refractivity contribution in [2.45, 2.75) is 97.8 Å². The van der Waals surface area contributed by atoms with Crippen molar-refractivity contribution in [1.29, 1.82) is 0 Å². The summed E-state index contributed by atoms with van der Waals surface area (Å²) in [6, 6.07) is 24.5. The van der Waals surface area contributed by atoms with Gasteiger partial charge < -0.3 is 9.47 Å². The average molecular weight is 751 g/mol. The van der Waals surface area contributed by atoms with E-state index in [1.807, 2.05) is 56.3 Å². The van der Waals surface area contributed by atoms with Crippen LogP contribution in [-0.2, 0) is 35.6 Å². The summed E-state index contributed by atoms with van der Waals surface area (Å²) in [6.07, 6.45) is -5.17. The number of hydrogen-bond donors (Lipinski definition) is 2. The Morgan fingerprint density at radius 2 is 1.45 bits per heavy atom. The normalized spacial score (nSPS) is 26.9. The highest BCUT2D eigenvalue weighted by atomic mass is 32.2. The molecule has 5 unspecified atom stereocenters. The fourth-order valence-electron chi connectivity index (χ4n) is 8.67. The van der Waals surface area contributed by atoms with Gasteiger partial charge in [-0.3, -0.25) is 14.1 Å². The van der Waals surface area contributed by atoms with Gasteiger partial charge in [-0.05, 0) is 132 Å². The van der Waals surface area contributed by atoms with Gasteiger partial charge in [0.1, 0.15) is 17.2 Å². The third kappa shape index (κ3) is 8.15. The van der Waals surface area contributed by atoms with Gasteiger partial charge in [0.15, 0.2) is 0 Å². The Balaban J connectivity index is 1.19. The highest BCUT2D eigenvalue weighted by molar-refractivity contribution is 8.17. The van der Waals surface area contributed by atoms with Crippen molar-refractivity contribution in [3.63, 3.8) is 0 Å². The number of thiol groups is 1. The molecular weight excluding hydrogens is 709 g/mol. The molecule has 13 heteroatoms. The van der Waals surface area contributed by atoms with Crippen LogP contribution in [0.25, 0.3) is 0 Å². The zero-order valence-corrected chi connectivity index (χ0v) is 30.1. The van der Waals surface area contributed by atoms with Crippen LogP contribution in [-0.4, -0.2) is 48.5 Å². The lowest BCUT2D eigenvalue weighted by atomic mass is 9.48. The Kier molecular flexibility index (Phi) is 10.1. The number of ether oxygens (including phenoxy) is 2. The summed E-state index contributed by atoms with van der Waals surface area (Å²) in [5.41, 5.74) is -2.45. The first-order valence-electron chi connectivity index (χ1n) is 17.1. The van der Waals surface area contributed by atoms with Crippen LogP contribution >= 0.6 is 10.9 Å². The van der Waals surface area contributed by atoms with Crippen LogP contribution < -0.4 is 0 Å². The van der Waals surface area contributed by atoms with Crippen LogP contribution in [0.5, 0.6) is 0 Å². The lowest BCUT2D eigenvalue weighted by Crippen LogP contribution is -2.61. The quantitative estimate of drug-likeness (QED) is 0.0828. The second kappa shape index (κ2) is 13.9. The maximum atomic E-state index is 14.1. The summed E-state index contributed by atoms with van der Waals surface area (Å²) in [5.74, 6) is -3.86. The van der Waals surface area contributed by atoms with Gasteiger partial charge in [0.2, 0.25) is 6.10 Å². The van der Waals surface area contributed by atoms with Crippen molar-refractivity contribution >= 4 is 33.0 Å². The molecule has 5 atom stereocenters. The van der Waals surface area contributed by atoms with E-state index in [1.54, 1.807) is 12.1 Å². The van der Waals surface area contributed by atoms with Crippen molar-refractivity contribution in [2.75, 3.05) is 5.75 Å². The van der Waals surface area contributed by atoms with Gasteiger partial charge in [0, 0.05) is 6.42 Å². The van der Waals surface area contributed by atoms with Crippen molar-refractivity contribution in [2.24, 2.45) is 22.7 Å². The van der Waals surface area contributed by atoms with Gasteiger partial charge in [-0.1, -0.05) is 37.3 Å². The van der Waals surface area contributed by atoms with Crippen LogP contribution in [0.3, 0.4) is 0 Å². The van der Waals surface area contributed by atoms with Crippen molar-refractivity contribution < 1.29 is 49.6 Å². The van der Waals surface area contributed by atoms with E-state index >= 15 is 0 Å². The van der Waals surface area contributed by atoms with Gasteiger partial charge in [-0.15, -0.1) is 0 Å². The number of benzene rings is 3. The molecule has 0 saturated heterocycles. The van der Waals surface area contributed by atoms with Crippen molar-refractivity contribution in [1.82, 2.24) is 0 Å². The molecule has 276 valence electrons. The Morgan fingerprint density at radius 1 is 0.902 bits per heavy atom. The lowest BCUT2D eigenvalue weighted by Gasteiger charge is -2.60. The van der Waals surface area contributed by atoms with E-state index in [2.05, 4.69) is 12.1 Å². The molecule has 0 radical (unpaired) electrons. The molecule has 7 nitrogen and oxygen atoms in total. The number of rotatable bonds is 12. The largest absolute Gasteiger partial charge is 0.459 e. The van der Waals surface area contributed by atoms with E-state index in [-0.39, 0.29) is 36.9 Å². The Morgan fingerprint density at radius 3 is 1.98 bits per heavy atom. The van der Waals surface area contributed by atoms with Gasteiger partial charge in [-0.25, -0.2) is 4.39 Å². The van der Waals surface area contributed by atoms with Gasteiger partial charge in [0.05, 0.1) is 10.8 Å². The number of halogens is 4. The molecule has 4 fully saturated rings. The van der Waals surface area contributed by atoms with E-state index in [0.717, 1.165) is 26.7 Å². The van der Waals surface area contributed by atoms with Crippen LogP contribution in [0, 0.1) is 28.5 Å². The van der Waals surface area contributed by atoms with Gasteiger partial charge >= 0.3 is 18.1 Å². The minimum atomic E-state index is -5.20. The molecule has 4 saturated carbocycles. The molecule has 4 aliphatic carbocycles. The summed E-state index contributed by atoms with van der Waals surface area (Å²) in [6.45, 7) is 3.72. The van der Waals surface area contributed by atoms with E-state index < -0.39 is 67.4 Å². The summed E-state index contributed by atoms with van der Waals surface area (Å²) in [7, 11) is -6.06. The number of carbonyl (C=O) groups is 2. The van der Waals surface area contributed by atoms with Gasteiger partial charge in [-0.2, -0.15) is 32.5 Å². The highest BCUT2D eigenvalue weighted by Gasteiger charge is 2.64. The summed E-state index contributed by atoms with van der Waals surface area (Å²) in [5, 5.41) is 0. The Bertz CT molecular complexity index is 1840. The lowest BCUT2D eigenvalue weighted by molar-refractivity contribution is -0.239. The van der Waals surface area contributed by atoms with Crippen molar-refractivity contribution in [3.8, 4) is 0 Å². The molecule has 1 N–H and O–H groups in total. The van der Waals surface area contributed by atoms with Crippen LogP contribution in [0.2, 0.25) is 0 Å². The smallest absolute Gasteiger partial charge is 0.426 e. The average Bonchev–Trinajstić information content (AvgIpc) is 3.05. The standard InChI is InChI=1S/C38H42F4O7S2/c1-3-35(2,18-25-9-13-30(14-10-25)50(29-7-5-4-6-8-29)31-15-11-28(39)12-16-31)33(43)49-37-21-26-17-27(22-37)20-36(19-26,24-37)34(44)48-32(38(40,41)42)23-51(45,46)47/h4-16,26-27,32,50H,3,17-24H2,1-2H3,(H,45,46,47). The minimum absolute atomic E-state index is 0.00502. The Labute approximate surface area is 298 Å². The third-order valence-corrected chi connectivity index (χ3v) is 14.1. The summed E-state index contributed by atoms with van der Waals surface area (Å²) < 4.78 is 97.7. The number of carbonyl (C=O) groups excluding carboxylic acids is 2. The predicted molar refractivity (Wildman–Crippen MR) is 183 cm³/mol. The van der Waals surface area contributed by atoms with E-state index in [0.29, 0.717) is 25.7 Å². The maximum Gasteiger partial charge on any atom is 0.426 e. The molecule has 7 rings (SSSR count). The molecule has 51 heavy (non-hydrogen) atoms. The second-order valence-corrected chi connectivity index (χ2v) is 18.6. The summed E-state index contributed by atoms with van der Waals surface area (Å²) >= 11 is 0. The van der Waals surface area contributed by atoms with E-state index in [9.17, 15) is 35.6 Å². The fourth-order valence-corrected chi connectivity index (χ4v) is 11.6. The first-order valence-corrected chi connectivity index (χ1v) is 20.0. The zero-order valence-electron chi connectivity index (χ0n) is 28.4. The molecule has 0 spiro atoms. The summed E-state index contributed by atoms with van der Waals surface area (Å²) in [4.78, 5) is 30.7. The molecule has 0 heterocycles. The predicted octanol–water partition coefficient (Wildman–Crippen LogP) is 8.51. The molecule has 0 aliphatic heterocycles. The monoisotopic (exact) mass is 750 g/mol. The van der Waals surface area contributed by atoms with Crippen molar-refractivity contribution in [3.05, 3.63) is 90.2 Å². The molecule has 0 amide bonds. The first kappa shape index (κ1) is 37.3. The number of hydrogen-bond acceptors (Lipinski definition) is 6. The molecule has 0 aromatic heterocycles. The van der Waals surface area contributed by atoms with Crippen LogP contribution in [0.4, 0.5) is 17.6 Å². The van der Waals surface area contributed by atoms with E-state index in [1.165, 1.54) is 12.1 Å². The van der Waals surface area contributed by atoms with Gasteiger partial charge in [0.25, 0.3) is 10.1 Å². The van der Waals surface area contributed by atoms with Crippen LogP contribution in [0.1, 0.15) is 64.4 Å². The molecule has 3 aromatic rings. The number of alkyl halides is 3. The number of esters is 2. The molecule has 3 aromatic carbocycles. The molecular formula is C38H42F4O7S2. The minimum Gasteiger partial charge on any atom is -0.459 e. The third-order valence-electron chi connectivity index (χ3n) is 10.9. The van der Waals surface area contributed by atoms with Crippen LogP contribution in [0.15, 0.2) is 93.5 Å². The Hall–Kier alpha value is -3.42. The topological polar surface area (TPSA) is 107 Å².